The van der Waals surface area contributed by atoms with Gasteiger partial charge in [0.15, 0.2) is 18.1 Å². The van der Waals surface area contributed by atoms with Crippen molar-refractivity contribution in [3.05, 3.63) is 52.0 Å². The number of carbonyl (C=O) groups is 1. The number of para-hydroxylation sites is 1. The van der Waals surface area contributed by atoms with Crippen LogP contribution in [0.1, 0.15) is 11.1 Å². The third-order valence-corrected chi connectivity index (χ3v) is 3.94. The minimum atomic E-state index is -0.444. The van der Waals surface area contributed by atoms with E-state index in [0.717, 1.165) is 10.0 Å². The molecular weight excluding hydrogens is 390 g/mol. The predicted molar refractivity (Wildman–Crippen MR) is 92.7 cm³/mol. The van der Waals surface area contributed by atoms with Gasteiger partial charge in [-0.25, -0.2) is 5.43 Å². The molecule has 0 atom stereocenters. The maximum atomic E-state index is 11.8. The molecule has 2 aromatic carbocycles. The van der Waals surface area contributed by atoms with E-state index in [9.17, 15) is 4.79 Å². The van der Waals surface area contributed by atoms with Gasteiger partial charge in [-0.3, -0.25) is 4.79 Å². The summed E-state index contributed by atoms with van der Waals surface area (Å²) in [6.07, 6.45) is 1.48. The number of hydrogen-bond acceptors (Lipinski definition) is 6. The minimum Gasteiger partial charge on any atom is -0.482 e. The van der Waals surface area contributed by atoms with Gasteiger partial charge in [0.1, 0.15) is 11.8 Å². The first kappa shape index (κ1) is 16.8. The molecule has 0 saturated carbocycles. The maximum Gasteiger partial charge on any atom is 0.277 e. The lowest BCUT2D eigenvalue weighted by Crippen LogP contribution is -2.24. The molecule has 1 aliphatic heterocycles. The normalized spacial score (nSPS) is 12.0. The summed E-state index contributed by atoms with van der Waals surface area (Å²) in [6.45, 7) is -0.0705. The average Bonchev–Trinajstić information content (AvgIpc) is 3.07. The smallest absolute Gasteiger partial charge is 0.277 e. The average molecular weight is 402 g/mol. The van der Waals surface area contributed by atoms with Crippen molar-refractivity contribution >= 4 is 28.1 Å². The second-order valence-corrected chi connectivity index (χ2v) is 5.77. The zero-order valence-electron chi connectivity index (χ0n) is 12.9. The van der Waals surface area contributed by atoms with Gasteiger partial charge in [-0.1, -0.05) is 12.1 Å². The van der Waals surface area contributed by atoms with E-state index in [1.54, 1.807) is 36.4 Å². The van der Waals surface area contributed by atoms with Gasteiger partial charge in [-0.05, 0) is 40.2 Å². The molecule has 0 bridgehead atoms. The van der Waals surface area contributed by atoms with Crippen molar-refractivity contribution < 1.29 is 19.0 Å². The molecule has 0 unspecified atom stereocenters. The first-order valence-corrected chi connectivity index (χ1v) is 7.99. The van der Waals surface area contributed by atoms with E-state index in [2.05, 4.69) is 26.5 Å². The number of hydrazone groups is 1. The van der Waals surface area contributed by atoms with Crippen molar-refractivity contribution in [2.45, 2.75) is 0 Å². The van der Waals surface area contributed by atoms with Gasteiger partial charge in [-0.15, -0.1) is 0 Å². The van der Waals surface area contributed by atoms with Gasteiger partial charge >= 0.3 is 0 Å². The second-order valence-electron chi connectivity index (χ2n) is 4.92. The largest absolute Gasteiger partial charge is 0.482 e. The van der Waals surface area contributed by atoms with Gasteiger partial charge in [0, 0.05) is 10.0 Å². The molecule has 0 fully saturated rings. The highest BCUT2D eigenvalue weighted by Crippen LogP contribution is 2.36. The molecule has 0 saturated heterocycles. The fourth-order valence-electron chi connectivity index (χ4n) is 2.07. The van der Waals surface area contributed by atoms with Crippen LogP contribution in [0.2, 0.25) is 0 Å². The van der Waals surface area contributed by atoms with Crippen molar-refractivity contribution in [3.8, 4) is 23.3 Å². The Bertz CT molecular complexity index is 877. The Labute approximate surface area is 151 Å². The quantitative estimate of drug-likeness (QED) is 0.613. The Hall–Kier alpha value is -3.05. The molecular formula is C17H12BrN3O4. The third kappa shape index (κ3) is 4.08. The zero-order chi connectivity index (χ0) is 17.6. The summed E-state index contributed by atoms with van der Waals surface area (Å²) < 4.78 is 16.6. The lowest BCUT2D eigenvalue weighted by Gasteiger charge is -2.06. The lowest BCUT2D eigenvalue weighted by molar-refractivity contribution is -0.123. The molecule has 2 aromatic rings. The van der Waals surface area contributed by atoms with E-state index < -0.39 is 5.91 Å². The standard InChI is InChI=1S/C17H12BrN3O4/c18-13-6-16-15(24-10-25-16)5-12(13)8-20-21-17(22)9-23-14-4-2-1-3-11(14)7-19/h1-6,8H,9-10H2,(H,21,22)/b20-8-. The van der Waals surface area contributed by atoms with Gasteiger partial charge in [-0.2, -0.15) is 10.4 Å². The molecule has 1 N–H and O–H groups in total. The summed E-state index contributed by atoms with van der Waals surface area (Å²) in [5.41, 5.74) is 3.45. The van der Waals surface area contributed by atoms with Crippen LogP contribution in [0.3, 0.4) is 0 Å². The number of fused-ring (bicyclic) bond motifs is 1. The molecule has 1 amide bonds. The molecule has 0 spiro atoms. The van der Waals surface area contributed by atoms with E-state index in [1.165, 1.54) is 6.21 Å². The molecule has 126 valence electrons. The van der Waals surface area contributed by atoms with E-state index >= 15 is 0 Å². The number of carbonyl (C=O) groups excluding carboxylic acids is 1. The Morgan fingerprint density at radius 3 is 2.92 bits per heavy atom. The van der Waals surface area contributed by atoms with Crippen LogP contribution in [0.4, 0.5) is 0 Å². The number of rotatable bonds is 5. The number of nitriles is 1. The van der Waals surface area contributed by atoms with E-state index in [4.69, 9.17) is 19.5 Å². The van der Waals surface area contributed by atoms with Crippen LogP contribution in [-0.2, 0) is 4.79 Å². The van der Waals surface area contributed by atoms with Crippen LogP contribution in [0, 0.1) is 11.3 Å². The number of nitrogens with zero attached hydrogens (tertiary/aromatic N) is 2. The number of halogens is 1. The van der Waals surface area contributed by atoms with Crippen LogP contribution in [0.5, 0.6) is 17.2 Å². The Morgan fingerprint density at radius 2 is 2.12 bits per heavy atom. The monoisotopic (exact) mass is 401 g/mol. The summed E-state index contributed by atoms with van der Waals surface area (Å²) in [5, 5.41) is 12.9. The summed E-state index contributed by atoms with van der Waals surface area (Å²) in [6, 6.07) is 12.2. The van der Waals surface area contributed by atoms with E-state index in [0.29, 0.717) is 22.8 Å². The SMILES string of the molecule is N#Cc1ccccc1OCC(=O)N/N=C\c1cc2c(cc1Br)OCO2. The lowest BCUT2D eigenvalue weighted by atomic mass is 10.2. The highest BCUT2D eigenvalue weighted by atomic mass is 79.9. The topological polar surface area (TPSA) is 92.9 Å². The fraction of sp³-hybridized carbons (Fsp3) is 0.118. The van der Waals surface area contributed by atoms with Crippen molar-refractivity contribution in [3.63, 3.8) is 0 Å². The number of nitrogens with one attached hydrogen (secondary N) is 1. The van der Waals surface area contributed by atoms with Crippen LogP contribution >= 0.6 is 15.9 Å². The van der Waals surface area contributed by atoms with Crippen LogP contribution in [0.15, 0.2) is 46.0 Å². The number of ether oxygens (including phenoxy) is 3. The number of amides is 1. The summed E-state index contributed by atoms with van der Waals surface area (Å²) in [7, 11) is 0. The highest BCUT2D eigenvalue weighted by Gasteiger charge is 2.15. The second kappa shape index (κ2) is 7.68. The van der Waals surface area contributed by atoms with Gasteiger partial charge in [0.2, 0.25) is 6.79 Å². The summed E-state index contributed by atoms with van der Waals surface area (Å²) in [4.78, 5) is 11.8. The highest BCUT2D eigenvalue weighted by molar-refractivity contribution is 9.10. The molecule has 3 rings (SSSR count). The summed E-state index contributed by atoms with van der Waals surface area (Å²) in [5.74, 6) is 1.17. The molecule has 0 aliphatic carbocycles. The van der Waals surface area contributed by atoms with E-state index in [1.807, 2.05) is 6.07 Å². The Balaban J connectivity index is 1.56. The van der Waals surface area contributed by atoms with Crippen molar-refractivity contribution in [1.82, 2.24) is 5.43 Å². The zero-order valence-corrected chi connectivity index (χ0v) is 14.4. The third-order valence-electron chi connectivity index (χ3n) is 3.25. The Morgan fingerprint density at radius 1 is 1.36 bits per heavy atom. The van der Waals surface area contributed by atoms with E-state index in [-0.39, 0.29) is 13.4 Å². The molecule has 7 nitrogen and oxygen atoms in total. The van der Waals surface area contributed by atoms with Crippen LogP contribution in [0.25, 0.3) is 0 Å². The molecule has 0 aromatic heterocycles. The number of hydrogen-bond donors (Lipinski definition) is 1. The number of benzene rings is 2. The van der Waals surface area contributed by atoms with Gasteiger partial charge in [0.25, 0.3) is 5.91 Å². The van der Waals surface area contributed by atoms with Crippen molar-refractivity contribution in [1.29, 1.82) is 5.26 Å². The molecule has 8 heteroatoms. The molecule has 1 aliphatic rings. The maximum absolute atomic E-state index is 11.8. The fourth-order valence-corrected chi connectivity index (χ4v) is 2.49. The van der Waals surface area contributed by atoms with Crippen molar-refractivity contribution in [2.24, 2.45) is 5.10 Å². The first-order chi connectivity index (χ1) is 12.2. The predicted octanol–water partition coefficient (Wildman–Crippen LogP) is 2.58. The molecule has 0 radical (unpaired) electrons. The minimum absolute atomic E-state index is 0.181. The van der Waals surface area contributed by atoms with Crippen molar-refractivity contribution in [2.75, 3.05) is 13.4 Å². The Kier molecular flexibility index (Phi) is 5.16. The van der Waals surface area contributed by atoms with Gasteiger partial charge < -0.3 is 14.2 Å². The van der Waals surface area contributed by atoms with Gasteiger partial charge in [0.05, 0.1) is 11.8 Å². The van der Waals surface area contributed by atoms with Crippen LogP contribution < -0.4 is 19.6 Å². The summed E-state index contributed by atoms with van der Waals surface area (Å²) >= 11 is 3.40. The molecule has 1 heterocycles. The molecule has 25 heavy (non-hydrogen) atoms. The van der Waals surface area contributed by atoms with Crippen LogP contribution in [-0.4, -0.2) is 25.5 Å². The first-order valence-electron chi connectivity index (χ1n) is 7.20.